The maximum Gasteiger partial charge on any atom is 0.335 e. The summed E-state index contributed by atoms with van der Waals surface area (Å²) in [4.78, 5) is 29.4. The average Bonchev–Trinajstić information content (AvgIpc) is 3.25. The molecule has 1 aromatic heterocycles. The van der Waals surface area contributed by atoms with E-state index < -0.39 is 16.0 Å². The molecular formula is C22H21N3O6S2. The zero-order valence-electron chi connectivity index (χ0n) is 17.4. The van der Waals surface area contributed by atoms with Gasteiger partial charge in [-0.15, -0.1) is 11.3 Å². The van der Waals surface area contributed by atoms with Crippen LogP contribution in [0.2, 0.25) is 0 Å². The summed E-state index contributed by atoms with van der Waals surface area (Å²) < 4.78 is 33.2. The summed E-state index contributed by atoms with van der Waals surface area (Å²) in [6, 6.07) is 12.6. The highest BCUT2D eigenvalue weighted by Gasteiger charge is 2.20. The largest absolute Gasteiger partial charge is 0.478 e. The smallest absolute Gasteiger partial charge is 0.335 e. The highest BCUT2D eigenvalue weighted by molar-refractivity contribution is 7.93. The first-order valence-corrected chi connectivity index (χ1v) is 12.4. The van der Waals surface area contributed by atoms with E-state index in [0.29, 0.717) is 32.0 Å². The third-order valence-corrected chi connectivity index (χ3v) is 7.39. The monoisotopic (exact) mass is 487 g/mol. The van der Waals surface area contributed by atoms with Gasteiger partial charge in [0.05, 0.1) is 35.8 Å². The molecule has 9 nitrogen and oxygen atoms in total. The summed E-state index contributed by atoms with van der Waals surface area (Å²) in [7, 11) is -3.86. The lowest BCUT2D eigenvalue weighted by Gasteiger charge is -2.26. The van der Waals surface area contributed by atoms with Crippen molar-refractivity contribution >= 4 is 38.4 Å². The van der Waals surface area contributed by atoms with Crippen LogP contribution in [0.15, 0.2) is 58.8 Å². The Balaban J connectivity index is 1.41. The normalized spacial score (nSPS) is 14.1. The van der Waals surface area contributed by atoms with Crippen LogP contribution in [0.1, 0.15) is 16.1 Å². The third kappa shape index (κ3) is 5.56. The molecule has 4 rings (SSSR count). The molecule has 0 bridgehead atoms. The molecule has 11 heteroatoms. The van der Waals surface area contributed by atoms with Crippen molar-refractivity contribution in [1.82, 2.24) is 9.88 Å². The number of carbonyl (C=O) groups is 2. The van der Waals surface area contributed by atoms with Crippen LogP contribution in [0, 0.1) is 0 Å². The number of sulfonamides is 1. The Morgan fingerprint density at radius 3 is 2.24 bits per heavy atom. The molecule has 0 spiro atoms. The number of benzene rings is 2. The van der Waals surface area contributed by atoms with E-state index in [-0.39, 0.29) is 27.9 Å². The summed E-state index contributed by atoms with van der Waals surface area (Å²) in [5.41, 5.74) is 2.21. The van der Waals surface area contributed by atoms with Crippen LogP contribution in [0.5, 0.6) is 0 Å². The molecule has 2 aromatic carbocycles. The lowest BCUT2D eigenvalue weighted by Crippen LogP contribution is -2.41. The van der Waals surface area contributed by atoms with Gasteiger partial charge < -0.3 is 14.7 Å². The Hall–Kier alpha value is -3.28. The maximum atomic E-state index is 12.7. The molecule has 1 aliphatic heterocycles. The number of rotatable bonds is 7. The van der Waals surface area contributed by atoms with E-state index in [1.165, 1.54) is 24.3 Å². The second kappa shape index (κ2) is 9.69. The number of aromatic nitrogens is 1. The van der Waals surface area contributed by atoms with Crippen LogP contribution in [0.3, 0.4) is 0 Å². The SMILES string of the molecule is O=C(O)c1ccc(-c2ccc(S(=O)(=O)Nc3nc(CC(=O)N4CCOCC4)cs3)cc2)cc1. The van der Waals surface area contributed by atoms with Crippen LogP contribution < -0.4 is 4.72 Å². The zero-order chi connectivity index (χ0) is 23.4. The number of thiazole rings is 1. The number of carbonyl (C=O) groups excluding carboxylic acids is 1. The van der Waals surface area contributed by atoms with Crippen molar-refractivity contribution in [2.45, 2.75) is 11.3 Å². The standard InChI is InChI=1S/C22H21N3O6S2/c26-20(25-9-11-31-12-10-25)13-18-14-32-22(23-18)24-33(29,30)19-7-5-16(6-8-19)15-1-3-17(4-2-15)21(27)28/h1-8,14H,9-13H2,(H,23,24)(H,27,28). The van der Waals surface area contributed by atoms with Crippen molar-refractivity contribution in [2.24, 2.45) is 0 Å². The van der Waals surface area contributed by atoms with Crippen molar-refractivity contribution < 1.29 is 27.9 Å². The number of carboxylic acid groups (broad SMARTS) is 1. The Kier molecular flexibility index (Phi) is 6.72. The molecule has 0 unspecified atom stereocenters. The van der Waals surface area contributed by atoms with Crippen LogP contribution in [0.4, 0.5) is 5.13 Å². The topological polar surface area (TPSA) is 126 Å². The molecule has 33 heavy (non-hydrogen) atoms. The summed E-state index contributed by atoms with van der Waals surface area (Å²) in [5, 5.41) is 10.9. The molecule has 1 saturated heterocycles. The minimum absolute atomic E-state index is 0.0644. The van der Waals surface area contributed by atoms with Crippen LogP contribution in [-0.2, 0) is 26.0 Å². The molecule has 1 aliphatic rings. The molecule has 0 aliphatic carbocycles. The number of nitrogens with zero attached hydrogens (tertiary/aromatic N) is 2. The molecule has 0 radical (unpaired) electrons. The van der Waals surface area contributed by atoms with Gasteiger partial charge in [-0.05, 0) is 35.4 Å². The van der Waals surface area contributed by atoms with E-state index in [1.54, 1.807) is 34.5 Å². The number of carboxylic acids is 1. The Bertz CT molecular complexity index is 1250. The van der Waals surface area contributed by atoms with Crippen molar-refractivity contribution in [1.29, 1.82) is 0 Å². The van der Waals surface area contributed by atoms with Crippen LogP contribution in [-0.4, -0.2) is 61.6 Å². The van der Waals surface area contributed by atoms with E-state index in [4.69, 9.17) is 9.84 Å². The molecule has 1 fully saturated rings. The van der Waals surface area contributed by atoms with Gasteiger partial charge in [-0.2, -0.15) is 0 Å². The average molecular weight is 488 g/mol. The van der Waals surface area contributed by atoms with Gasteiger partial charge in [0.1, 0.15) is 0 Å². The van der Waals surface area contributed by atoms with Gasteiger partial charge in [-0.25, -0.2) is 18.2 Å². The molecule has 2 N–H and O–H groups in total. The lowest BCUT2D eigenvalue weighted by molar-refractivity contribution is -0.134. The summed E-state index contributed by atoms with van der Waals surface area (Å²) >= 11 is 1.12. The van der Waals surface area contributed by atoms with Gasteiger partial charge >= 0.3 is 5.97 Å². The molecule has 172 valence electrons. The minimum Gasteiger partial charge on any atom is -0.478 e. The molecule has 3 aromatic rings. The summed E-state index contributed by atoms with van der Waals surface area (Å²) in [6.45, 7) is 2.12. The Morgan fingerprint density at radius 2 is 1.64 bits per heavy atom. The molecule has 0 atom stereocenters. The van der Waals surface area contributed by atoms with Gasteiger partial charge in [-0.3, -0.25) is 9.52 Å². The van der Waals surface area contributed by atoms with Crippen LogP contribution in [0.25, 0.3) is 11.1 Å². The first kappa shape index (κ1) is 22.9. The molecule has 1 amide bonds. The van der Waals surface area contributed by atoms with Crippen LogP contribution >= 0.6 is 11.3 Å². The second-order valence-corrected chi connectivity index (χ2v) is 9.87. The van der Waals surface area contributed by atoms with E-state index in [0.717, 1.165) is 22.5 Å². The Morgan fingerprint density at radius 1 is 1.03 bits per heavy atom. The fraction of sp³-hybridized carbons (Fsp3) is 0.227. The predicted octanol–water partition coefficient (Wildman–Crippen LogP) is 2.71. The number of nitrogens with one attached hydrogen (secondary N) is 1. The van der Waals surface area contributed by atoms with Gasteiger partial charge in [0.2, 0.25) is 5.91 Å². The predicted molar refractivity (Wildman–Crippen MR) is 123 cm³/mol. The van der Waals surface area contributed by atoms with Gasteiger partial charge in [0.25, 0.3) is 10.0 Å². The van der Waals surface area contributed by atoms with E-state index >= 15 is 0 Å². The highest BCUT2D eigenvalue weighted by Crippen LogP contribution is 2.24. The number of ether oxygens (including phenoxy) is 1. The van der Waals surface area contributed by atoms with Gasteiger partial charge in [-0.1, -0.05) is 24.3 Å². The number of amides is 1. The minimum atomic E-state index is -3.86. The van der Waals surface area contributed by atoms with Crippen molar-refractivity contribution in [3.05, 3.63) is 65.2 Å². The van der Waals surface area contributed by atoms with Crippen molar-refractivity contribution in [3.8, 4) is 11.1 Å². The zero-order valence-corrected chi connectivity index (χ0v) is 19.1. The number of hydrogen-bond acceptors (Lipinski definition) is 7. The van der Waals surface area contributed by atoms with E-state index in [2.05, 4.69) is 9.71 Å². The molecule has 2 heterocycles. The van der Waals surface area contributed by atoms with E-state index in [9.17, 15) is 18.0 Å². The first-order valence-electron chi connectivity index (χ1n) is 10.1. The third-order valence-electron chi connectivity index (χ3n) is 5.10. The molecular weight excluding hydrogens is 466 g/mol. The van der Waals surface area contributed by atoms with Gasteiger partial charge in [0.15, 0.2) is 5.13 Å². The summed E-state index contributed by atoms with van der Waals surface area (Å²) in [6.07, 6.45) is 0.105. The Labute approximate surface area is 194 Å². The maximum absolute atomic E-state index is 12.7. The lowest BCUT2D eigenvalue weighted by atomic mass is 10.0. The molecule has 0 saturated carbocycles. The van der Waals surface area contributed by atoms with Crippen molar-refractivity contribution in [3.63, 3.8) is 0 Å². The number of aromatic carboxylic acids is 1. The van der Waals surface area contributed by atoms with Crippen molar-refractivity contribution in [2.75, 3.05) is 31.0 Å². The van der Waals surface area contributed by atoms with E-state index in [1.807, 2.05) is 0 Å². The number of morpholine rings is 1. The highest BCUT2D eigenvalue weighted by atomic mass is 32.2. The van der Waals surface area contributed by atoms with Gasteiger partial charge in [0, 0.05) is 18.5 Å². The fourth-order valence-electron chi connectivity index (χ4n) is 3.32. The first-order chi connectivity index (χ1) is 15.8. The fourth-order valence-corrected chi connectivity index (χ4v) is 5.28. The number of hydrogen-bond donors (Lipinski definition) is 2. The number of anilines is 1. The second-order valence-electron chi connectivity index (χ2n) is 7.33. The summed E-state index contributed by atoms with van der Waals surface area (Å²) in [5.74, 6) is -1.07. The quantitative estimate of drug-likeness (QED) is 0.525.